The molecule has 1 aromatic carbocycles. The van der Waals surface area contributed by atoms with Gasteiger partial charge in [0.1, 0.15) is 5.75 Å². The van der Waals surface area contributed by atoms with Crippen LogP contribution < -0.4 is 4.74 Å². The van der Waals surface area contributed by atoms with Crippen molar-refractivity contribution in [1.29, 1.82) is 5.26 Å². The number of aryl methyl sites for hydroxylation is 1. The molecule has 66 valence electrons. The van der Waals surface area contributed by atoms with Crippen LogP contribution in [0, 0.1) is 18.3 Å². The van der Waals surface area contributed by atoms with E-state index in [0.717, 1.165) is 17.7 Å². The van der Waals surface area contributed by atoms with E-state index in [0.29, 0.717) is 0 Å². The van der Waals surface area contributed by atoms with E-state index in [-0.39, 0.29) is 5.92 Å². The first-order valence-corrected chi connectivity index (χ1v) is 4.33. The maximum absolute atomic E-state index is 8.77. The molecule has 1 aliphatic rings. The third kappa shape index (κ3) is 1.08. The van der Waals surface area contributed by atoms with Gasteiger partial charge in [-0.1, -0.05) is 6.07 Å². The van der Waals surface area contributed by atoms with Crippen LogP contribution in [0.15, 0.2) is 12.1 Å². The minimum atomic E-state index is 0.111. The summed E-state index contributed by atoms with van der Waals surface area (Å²) in [7, 11) is 1.68. The van der Waals surface area contributed by atoms with E-state index < -0.39 is 0 Å². The summed E-state index contributed by atoms with van der Waals surface area (Å²) in [4.78, 5) is 0. The van der Waals surface area contributed by atoms with Gasteiger partial charge in [0.25, 0.3) is 0 Å². The second-order valence-electron chi connectivity index (χ2n) is 3.41. The van der Waals surface area contributed by atoms with Crippen molar-refractivity contribution in [3.63, 3.8) is 0 Å². The third-order valence-corrected chi connectivity index (χ3v) is 2.61. The molecule has 0 saturated carbocycles. The van der Waals surface area contributed by atoms with Crippen molar-refractivity contribution in [2.24, 2.45) is 0 Å². The van der Waals surface area contributed by atoms with Gasteiger partial charge >= 0.3 is 0 Å². The van der Waals surface area contributed by atoms with Gasteiger partial charge in [-0.15, -0.1) is 0 Å². The van der Waals surface area contributed by atoms with Gasteiger partial charge in [-0.2, -0.15) is 5.26 Å². The fourth-order valence-electron chi connectivity index (χ4n) is 1.79. The van der Waals surface area contributed by atoms with E-state index in [1.807, 2.05) is 13.0 Å². The quantitative estimate of drug-likeness (QED) is 0.652. The van der Waals surface area contributed by atoms with E-state index >= 15 is 0 Å². The second-order valence-corrected chi connectivity index (χ2v) is 3.41. The Bertz CT molecular complexity index is 390. The van der Waals surface area contributed by atoms with E-state index in [4.69, 9.17) is 10.00 Å². The van der Waals surface area contributed by atoms with Crippen LogP contribution in [0.1, 0.15) is 22.6 Å². The third-order valence-electron chi connectivity index (χ3n) is 2.61. The highest BCUT2D eigenvalue weighted by Gasteiger charge is 2.26. The molecular weight excluding hydrogens is 162 g/mol. The van der Waals surface area contributed by atoms with Crippen LogP contribution in [0.25, 0.3) is 0 Å². The average molecular weight is 173 g/mol. The Balaban J connectivity index is 2.45. The largest absolute Gasteiger partial charge is 0.496 e. The van der Waals surface area contributed by atoms with Gasteiger partial charge in [0.05, 0.1) is 19.1 Å². The van der Waals surface area contributed by atoms with Gasteiger partial charge in [0, 0.05) is 0 Å². The highest BCUT2D eigenvalue weighted by Crippen LogP contribution is 2.38. The highest BCUT2D eigenvalue weighted by atomic mass is 16.5. The first kappa shape index (κ1) is 8.12. The van der Waals surface area contributed by atoms with Crippen molar-refractivity contribution in [1.82, 2.24) is 0 Å². The molecule has 0 spiro atoms. The van der Waals surface area contributed by atoms with E-state index in [2.05, 4.69) is 12.1 Å². The Labute approximate surface area is 77.8 Å². The Morgan fingerprint density at radius 2 is 2.31 bits per heavy atom. The van der Waals surface area contributed by atoms with Crippen LogP contribution in [0.3, 0.4) is 0 Å². The number of benzene rings is 1. The summed E-state index contributed by atoms with van der Waals surface area (Å²) < 4.78 is 5.20. The van der Waals surface area contributed by atoms with Gasteiger partial charge in [-0.3, -0.25) is 0 Å². The van der Waals surface area contributed by atoms with Crippen LogP contribution in [0.5, 0.6) is 5.75 Å². The standard InChI is InChI=1S/C11H11NO/c1-7-3-10-8(4-9(10)6-12)5-11(7)13-2/h3,5,9H,4H2,1-2H3/t9-/m1/s1. The smallest absolute Gasteiger partial charge is 0.122 e. The van der Waals surface area contributed by atoms with E-state index in [9.17, 15) is 0 Å². The van der Waals surface area contributed by atoms with Gasteiger partial charge < -0.3 is 4.74 Å². The molecule has 0 N–H and O–H groups in total. The van der Waals surface area contributed by atoms with Crippen molar-refractivity contribution in [3.8, 4) is 11.8 Å². The highest BCUT2D eigenvalue weighted by molar-refractivity contribution is 5.51. The molecular formula is C11H11NO. The normalized spacial score (nSPS) is 18.4. The summed E-state index contributed by atoms with van der Waals surface area (Å²) >= 11 is 0. The minimum Gasteiger partial charge on any atom is -0.496 e. The van der Waals surface area contributed by atoms with Crippen LogP contribution >= 0.6 is 0 Å². The number of ether oxygens (including phenoxy) is 1. The number of rotatable bonds is 1. The lowest BCUT2D eigenvalue weighted by atomic mass is 9.77. The summed E-state index contributed by atoms with van der Waals surface area (Å²) in [5.41, 5.74) is 3.55. The van der Waals surface area contributed by atoms with Crippen LogP contribution in [-0.4, -0.2) is 7.11 Å². The Kier molecular flexibility index (Phi) is 1.73. The van der Waals surface area contributed by atoms with Gasteiger partial charge in [0.2, 0.25) is 0 Å². The number of fused-ring (bicyclic) bond motifs is 1. The lowest BCUT2D eigenvalue weighted by Crippen LogP contribution is -2.15. The molecule has 1 aromatic rings. The molecule has 1 atom stereocenters. The maximum atomic E-state index is 8.77. The number of nitriles is 1. The molecule has 0 bridgehead atoms. The molecule has 0 amide bonds. The molecule has 0 unspecified atom stereocenters. The minimum absolute atomic E-state index is 0.111. The zero-order valence-corrected chi connectivity index (χ0v) is 7.79. The molecule has 2 heteroatoms. The predicted molar refractivity (Wildman–Crippen MR) is 49.8 cm³/mol. The fraction of sp³-hybridized carbons (Fsp3) is 0.364. The molecule has 2 nitrogen and oxygen atoms in total. The van der Waals surface area contributed by atoms with Crippen LogP contribution in [-0.2, 0) is 6.42 Å². The van der Waals surface area contributed by atoms with E-state index in [1.54, 1.807) is 7.11 Å². The molecule has 2 rings (SSSR count). The maximum Gasteiger partial charge on any atom is 0.122 e. The fourth-order valence-corrected chi connectivity index (χ4v) is 1.79. The summed E-state index contributed by atoms with van der Waals surface area (Å²) in [6, 6.07) is 6.38. The second kappa shape index (κ2) is 2.77. The molecule has 13 heavy (non-hydrogen) atoms. The van der Waals surface area contributed by atoms with Crippen molar-refractivity contribution in [2.45, 2.75) is 19.3 Å². The summed E-state index contributed by atoms with van der Waals surface area (Å²) in [5.74, 6) is 1.04. The topological polar surface area (TPSA) is 33.0 Å². The first-order valence-electron chi connectivity index (χ1n) is 4.33. The van der Waals surface area contributed by atoms with Gasteiger partial charge in [0.15, 0.2) is 0 Å². The molecule has 0 saturated heterocycles. The summed E-state index contributed by atoms with van der Waals surface area (Å²) in [5, 5.41) is 8.77. The average Bonchev–Trinajstić information content (AvgIpc) is 2.12. The van der Waals surface area contributed by atoms with Gasteiger partial charge in [-0.25, -0.2) is 0 Å². The molecule has 1 aliphatic carbocycles. The van der Waals surface area contributed by atoms with Crippen molar-refractivity contribution >= 4 is 0 Å². The SMILES string of the molecule is COc1cc2c(cc1C)[C@@H](C#N)C2. The predicted octanol–water partition coefficient (Wildman–Crippen LogP) is 2.17. The van der Waals surface area contributed by atoms with Crippen molar-refractivity contribution in [2.75, 3.05) is 7.11 Å². The summed E-state index contributed by atoms with van der Waals surface area (Å²) in [6.07, 6.45) is 0.877. The van der Waals surface area contributed by atoms with Crippen LogP contribution in [0.2, 0.25) is 0 Å². The molecule has 0 aliphatic heterocycles. The van der Waals surface area contributed by atoms with Crippen molar-refractivity contribution < 1.29 is 4.74 Å². The Morgan fingerprint density at radius 3 is 2.92 bits per heavy atom. The molecule has 0 heterocycles. The lowest BCUT2D eigenvalue weighted by Gasteiger charge is -2.25. The summed E-state index contributed by atoms with van der Waals surface area (Å²) in [6.45, 7) is 2.01. The Hall–Kier alpha value is -1.49. The number of hydrogen-bond donors (Lipinski definition) is 0. The van der Waals surface area contributed by atoms with Crippen molar-refractivity contribution in [3.05, 3.63) is 28.8 Å². The Morgan fingerprint density at radius 1 is 1.54 bits per heavy atom. The molecule has 0 aromatic heterocycles. The first-order chi connectivity index (χ1) is 6.26. The zero-order valence-electron chi connectivity index (χ0n) is 7.79. The zero-order chi connectivity index (χ0) is 9.42. The van der Waals surface area contributed by atoms with Gasteiger partial charge in [-0.05, 0) is 36.1 Å². The number of nitrogens with zero attached hydrogens (tertiary/aromatic N) is 1. The van der Waals surface area contributed by atoms with Crippen LogP contribution in [0.4, 0.5) is 0 Å². The van der Waals surface area contributed by atoms with E-state index in [1.165, 1.54) is 11.1 Å². The number of hydrogen-bond acceptors (Lipinski definition) is 2. The lowest BCUT2D eigenvalue weighted by molar-refractivity contribution is 0.410. The molecule has 0 radical (unpaired) electrons. The number of methoxy groups -OCH3 is 1. The monoisotopic (exact) mass is 173 g/mol. The molecule has 0 fully saturated rings.